The standard InChI is InChI=1S/C13H22N2O3S/c1-3-10-12(16)14-7-5-4-6-11(14)13(17)15(10)8-9-19(2)18/h10-11H,3-9H2,1-2H3. The fourth-order valence-electron chi connectivity index (χ4n) is 3.01. The van der Waals surface area contributed by atoms with Gasteiger partial charge in [-0.2, -0.15) is 0 Å². The van der Waals surface area contributed by atoms with E-state index in [1.165, 1.54) is 0 Å². The number of amides is 2. The van der Waals surface area contributed by atoms with E-state index in [0.717, 1.165) is 19.3 Å². The average Bonchev–Trinajstić information content (AvgIpc) is 2.41. The third-order valence-corrected chi connectivity index (χ3v) is 4.78. The molecule has 2 aliphatic rings. The number of carbonyl (C=O) groups excluding carboxylic acids is 2. The van der Waals surface area contributed by atoms with Crippen LogP contribution in [-0.4, -0.2) is 63.0 Å². The van der Waals surface area contributed by atoms with E-state index in [2.05, 4.69) is 0 Å². The number of rotatable bonds is 4. The summed E-state index contributed by atoms with van der Waals surface area (Å²) < 4.78 is 11.2. The van der Waals surface area contributed by atoms with E-state index in [0.29, 0.717) is 25.3 Å². The number of hydrogen-bond acceptors (Lipinski definition) is 3. The molecular formula is C13H22N2O3S. The molecule has 2 aliphatic heterocycles. The van der Waals surface area contributed by atoms with Gasteiger partial charge in [0.2, 0.25) is 11.8 Å². The summed E-state index contributed by atoms with van der Waals surface area (Å²) >= 11 is 0. The fourth-order valence-corrected chi connectivity index (χ4v) is 3.46. The maximum Gasteiger partial charge on any atom is 0.246 e. The van der Waals surface area contributed by atoms with Gasteiger partial charge in [-0.3, -0.25) is 13.8 Å². The smallest absolute Gasteiger partial charge is 0.246 e. The summed E-state index contributed by atoms with van der Waals surface area (Å²) in [6, 6.07) is -0.625. The highest BCUT2D eigenvalue weighted by Gasteiger charge is 2.45. The Labute approximate surface area is 116 Å². The van der Waals surface area contributed by atoms with Crippen LogP contribution in [0.1, 0.15) is 32.6 Å². The van der Waals surface area contributed by atoms with Gasteiger partial charge in [0.15, 0.2) is 0 Å². The molecule has 2 rings (SSSR count). The molecule has 6 heteroatoms. The molecule has 0 saturated carbocycles. The summed E-state index contributed by atoms with van der Waals surface area (Å²) in [5, 5.41) is 0. The van der Waals surface area contributed by atoms with Gasteiger partial charge in [-0.05, 0) is 25.7 Å². The quantitative estimate of drug-likeness (QED) is 0.750. The van der Waals surface area contributed by atoms with Crippen LogP contribution in [-0.2, 0) is 20.4 Å². The second-order valence-corrected chi connectivity index (χ2v) is 6.83. The SMILES string of the molecule is CCC1C(=O)N2CCCCC2C(=O)N1CCS(C)=O. The van der Waals surface area contributed by atoms with Crippen LogP contribution in [0.25, 0.3) is 0 Å². The van der Waals surface area contributed by atoms with Gasteiger partial charge < -0.3 is 9.80 Å². The highest BCUT2D eigenvalue weighted by Crippen LogP contribution is 2.27. The van der Waals surface area contributed by atoms with Crippen molar-refractivity contribution in [2.45, 2.75) is 44.7 Å². The fraction of sp³-hybridized carbons (Fsp3) is 0.846. The molecule has 0 spiro atoms. The third kappa shape index (κ3) is 2.83. The Balaban J connectivity index is 2.18. The van der Waals surface area contributed by atoms with E-state index in [9.17, 15) is 13.8 Å². The minimum absolute atomic E-state index is 0.0524. The van der Waals surface area contributed by atoms with Crippen molar-refractivity contribution in [2.24, 2.45) is 0 Å². The Kier molecular flexibility index (Phi) is 4.60. The number of piperidine rings is 1. The molecule has 0 radical (unpaired) electrons. The lowest BCUT2D eigenvalue weighted by Crippen LogP contribution is -2.66. The van der Waals surface area contributed by atoms with Crippen molar-refractivity contribution in [1.29, 1.82) is 0 Å². The van der Waals surface area contributed by atoms with Gasteiger partial charge in [-0.15, -0.1) is 0 Å². The Morgan fingerprint density at radius 1 is 1.26 bits per heavy atom. The number of fused-ring (bicyclic) bond motifs is 1. The van der Waals surface area contributed by atoms with Gasteiger partial charge in [0.1, 0.15) is 12.1 Å². The molecule has 0 bridgehead atoms. The Morgan fingerprint density at radius 3 is 2.63 bits per heavy atom. The summed E-state index contributed by atoms with van der Waals surface area (Å²) in [7, 11) is -0.939. The summed E-state index contributed by atoms with van der Waals surface area (Å²) in [5.74, 6) is 0.577. The summed E-state index contributed by atoms with van der Waals surface area (Å²) in [6.07, 6.45) is 5.02. The van der Waals surface area contributed by atoms with Gasteiger partial charge in [-0.1, -0.05) is 6.92 Å². The van der Waals surface area contributed by atoms with E-state index in [1.807, 2.05) is 6.92 Å². The number of nitrogens with zero attached hydrogens (tertiary/aromatic N) is 2. The van der Waals surface area contributed by atoms with Crippen molar-refractivity contribution in [3.63, 3.8) is 0 Å². The monoisotopic (exact) mass is 286 g/mol. The second kappa shape index (κ2) is 6.03. The molecule has 0 aromatic carbocycles. The zero-order chi connectivity index (χ0) is 14.0. The van der Waals surface area contributed by atoms with Crippen LogP contribution in [0, 0.1) is 0 Å². The maximum absolute atomic E-state index is 12.5. The van der Waals surface area contributed by atoms with Crippen molar-refractivity contribution in [2.75, 3.05) is 25.1 Å². The highest BCUT2D eigenvalue weighted by molar-refractivity contribution is 7.84. The summed E-state index contributed by atoms with van der Waals surface area (Å²) in [5.41, 5.74) is 0. The first-order chi connectivity index (χ1) is 9.06. The Hall–Kier alpha value is -0.910. The molecule has 0 aliphatic carbocycles. The zero-order valence-corrected chi connectivity index (χ0v) is 12.4. The van der Waals surface area contributed by atoms with Crippen molar-refractivity contribution < 1.29 is 13.8 Å². The predicted molar refractivity (Wildman–Crippen MR) is 74.1 cm³/mol. The van der Waals surface area contributed by atoms with E-state index in [-0.39, 0.29) is 23.9 Å². The normalized spacial score (nSPS) is 29.4. The first-order valence-electron chi connectivity index (χ1n) is 6.97. The van der Waals surface area contributed by atoms with E-state index >= 15 is 0 Å². The number of hydrogen-bond donors (Lipinski definition) is 0. The molecule has 0 N–H and O–H groups in total. The van der Waals surface area contributed by atoms with Gasteiger partial charge in [0.05, 0.1) is 0 Å². The predicted octanol–water partition coefficient (Wildman–Crippen LogP) is 0.367. The average molecular weight is 286 g/mol. The number of piperazine rings is 1. The molecule has 3 unspecified atom stereocenters. The highest BCUT2D eigenvalue weighted by atomic mass is 32.2. The molecule has 2 heterocycles. The molecule has 19 heavy (non-hydrogen) atoms. The first kappa shape index (κ1) is 14.5. The molecule has 2 amide bonds. The van der Waals surface area contributed by atoms with Gasteiger partial charge >= 0.3 is 0 Å². The van der Waals surface area contributed by atoms with E-state index in [1.54, 1.807) is 16.1 Å². The van der Waals surface area contributed by atoms with Gasteiger partial charge in [-0.25, -0.2) is 0 Å². The van der Waals surface area contributed by atoms with Gasteiger partial charge in [0.25, 0.3) is 0 Å². The van der Waals surface area contributed by atoms with E-state index in [4.69, 9.17) is 0 Å². The van der Waals surface area contributed by atoms with Crippen LogP contribution in [0.3, 0.4) is 0 Å². The number of carbonyl (C=O) groups is 2. The molecular weight excluding hydrogens is 264 g/mol. The van der Waals surface area contributed by atoms with Crippen LogP contribution in [0.4, 0.5) is 0 Å². The molecule has 0 aromatic heterocycles. The van der Waals surface area contributed by atoms with Crippen molar-refractivity contribution >= 4 is 22.6 Å². The van der Waals surface area contributed by atoms with Crippen molar-refractivity contribution in [3.05, 3.63) is 0 Å². The van der Waals surface area contributed by atoms with Crippen LogP contribution in [0.5, 0.6) is 0 Å². The molecule has 108 valence electrons. The molecule has 5 nitrogen and oxygen atoms in total. The zero-order valence-electron chi connectivity index (χ0n) is 11.6. The van der Waals surface area contributed by atoms with Crippen LogP contribution in [0.15, 0.2) is 0 Å². The molecule has 3 atom stereocenters. The van der Waals surface area contributed by atoms with E-state index < -0.39 is 10.8 Å². The largest absolute Gasteiger partial charge is 0.329 e. The lowest BCUT2D eigenvalue weighted by atomic mass is 9.94. The topological polar surface area (TPSA) is 57.7 Å². The lowest BCUT2D eigenvalue weighted by Gasteiger charge is -2.46. The van der Waals surface area contributed by atoms with Gasteiger partial charge in [0, 0.05) is 35.9 Å². The minimum atomic E-state index is -0.939. The van der Waals surface area contributed by atoms with Crippen molar-refractivity contribution in [3.8, 4) is 0 Å². The Bertz CT molecular complexity index is 399. The minimum Gasteiger partial charge on any atom is -0.329 e. The van der Waals surface area contributed by atoms with Crippen LogP contribution in [0.2, 0.25) is 0 Å². The third-order valence-electron chi connectivity index (χ3n) is 4.02. The Morgan fingerprint density at radius 2 is 2.00 bits per heavy atom. The second-order valence-electron chi connectivity index (χ2n) is 5.28. The summed E-state index contributed by atoms with van der Waals surface area (Å²) in [4.78, 5) is 28.4. The molecule has 2 fully saturated rings. The van der Waals surface area contributed by atoms with Crippen LogP contribution >= 0.6 is 0 Å². The maximum atomic E-state index is 12.5. The molecule has 0 aromatic rings. The van der Waals surface area contributed by atoms with Crippen LogP contribution < -0.4 is 0 Å². The molecule has 2 saturated heterocycles. The first-order valence-corrected chi connectivity index (χ1v) is 8.70. The van der Waals surface area contributed by atoms with Crippen molar-refractivity contribution in [1.82, 2.24) is 9.80 Å². The lowest BCUT2D eigenvalue weighted by molar-refractivity contribution is -0.163. The summed E-state index contributed by atoms with van der Waals surface area (Å²) in [6.45, 7) is 3.06.